The summed E-state index contributed by atoms with van der Waals surface area (Å²) in [7, 11) is 0. The third-order valence-corrected chi connectivity index (χ3v) is 11.3. The number of hydrogen-bond acceptors (Lipinski definition) is 5. The quantitative estimate of drug-likeness (QED) is 0.129. The topological polar surface area (TPSA) is 38.1 Å². The Labute approximate surface area is 356 Å². The van der Waals surface area contributed by atoms with E-state index in [-0.39, 0.29) is 5.41 Å². The van der Waals surface area contributed by atoms with Crippen molar-refractivity contribution in [2.45, 2.75) is 26.2 Å². The van der Waals surface area contributed by atoms with Crippen LogP contribution in [-0.4, -0.2) is 0 Å². The van der Waals surface area contributed by atoms with Crippen molar-refractivity contribution in [3.05, 3.63) is 218 Å². The van der Waals surface area contributed by atoms with E-state index >= 15 is 0 Å². The van der Waals surface area contributed by atoms with Crippen molar-refractivity contribution in [2.24, 2.45) is 0 Å². The fourth-order valence-electron chi connectivity index (χ4n) is 8.28. The first-order valence-electron chi connectivity index (χ1n) is 20.6. The van der Waals surface area contributed by atoms with E-state index in [9.17, 15) is 0 Å². The molecule has 0 atom stereocenters. The zero-order valence-electron chi connectivity index (χ0n) is 34.4. The van der Waals surface area contributed by atoms with Gasteiger partial charge < -0.3 is 23.7 Å². The lowest BCUT2D eigenvalue weighted by Crippen LogP contribution is -2.16. The number of anilines is 5. The largest absolute Gasteiger partial charge is 0.464 e. The molecule has 0 aliphatic carbocycles. The molecule has 0 bridgehead atoms. The number of fused-ring (bicyclic) bond motifs is 3. The third kappa shape index (κ3) is 7.10. The lowest BCUT2D eigenvalue weighted by Gasteiger charge is -2.28. The van der Waals surface area contributed by atoms with E-state index in [1.165, 1.54) is 5.56 Å². The first-order chi connectivity index (χ1) is 29.8. The van der Waals surface area contributed by atoms with Gasteiger partial charge in [0.05, 0.1) is 6.26 Å². The summed E-state index contributed by atoms with van der Waals surface area (Å²) in [6.45, 7) is 11.0. The number of benzene rings is 8. The fraction of sp³-hybridized carbons (Fsp3) is 0.0714. The zero-order chi connectivity index (χ0) is 41.5. The van der Waals surface area contributed by atoms with E-state index in [0.29, 0.717) is 5.75 Å². The molecule has 0 fully saturated rings. The molecular weight excluding hydrogens is 749 g/mol. The van der Waals surface area contributed by atoms with Gasteiger partial charge in [0, 0.05) is 73.6 Å². The molecule has 0 unspecified atom stereocenters. The van der Waals surface area contributed by atoms with E-state index in [4.69, 9.17) is 13.9 Å². The lowest BCUT2D eigenvalue weighted by molar-refractivity contribution is 0.481. The van der Waals surface area contributed by atoms with Crippen molar-refractivity contribution >= 4 is 56.3 Å². The number of rotatable bonds is 10. The van der Waals surface area contributed by atoms with Crippen molar-refractivity contribution in [1.82, 2.24) is 0 Å². The highest BCUT2D eigenvalue weighted by Gasteiger charge is 2.25. The predicted molar refractivity (Wildman–Crippen MR) is 252 cm³/mol. The number of furan rings is 1. The molecule has 1 aliphatic heterocycles. The summed E-state index contributed by atoms with van der Waals surface area (Å²) in [4.78, 5) is 4.46. The Morgan fingerprint density at radius 1 is 0.574 bits per heavy atom. The maximum atomic E-state index is 6.83. The molecule has 8 aromatic carbocycles. The first-order valence-corrected chi connectivity index (χ1v) is 20.6. The van der Waals surface area contributed by atoms with Crippen molar-refractivity contribution in [3.63, 3.8) is 0 Å². The summed E-state index contributed by atoms with van der Waals surface area (Å²) in [5.41, 5.74) is 11.2. The van der Waals surface area contributed by atoms with E-state index in [0.717, 1.165) is 89.8 Å². The second-order valence-electron chi connectivity index (χ2n) is 16.3. The highest BCUT2D eigenvalue weighted by atomic mass is 16.5. The Morgan fingerprint density at radius 2 is 1.23 bits per heavy atom. The van der Waals surface area contributed by atoms with Crippen LogP contribution in [0.3, 0.4) is 0 Å². The summed E-state index contributed by atoms with van der Waals surface area (Å²) < 4.78 is 19.5. The minimum absolute atomic E-state index is 0.0184. The van der Waals surface area contributed by atoms with E-state index in [1.807, 2.05) is 60.7 Å². The Hall–Kier alpha value is -7.76. The lowest BCUT2D eigenvalue weighted by atomic mass is 9.87. The molecule has 10 rings (SSSR count). The SMILES string of the molecule is C=C/C(=C\c1coc2ccccc12)N(c1ccc(C(C)(C)C)cc1)c1cccc(Oc2ccc3c4c(cccc24)Oc2cc(N(c4ccccc4)c4ccccc4)ccc2-3)c1. The molecule has 61 heavy (non-hydrogen) atoms. The molecule has 9 aromatic rings. The summed E-state index contributed by atoms with van der Waals surface area (Å²) in [6, 6.07) is 62.7. The highest BCUT2D eigenvalue weighted by Crippen LogP contribution is 2.51. The Kier molecular flexibility index (Phi) is 9.50. The van der Waals surface area contributed by atoms with Crippen LogP contribution in [0.5, 0.6) is 23.0 Å². The molecule has 296 valence electrons. The molecule has 2 heterocycles. The minimum atomic E-state index is 0.0184. The number of nitrogens with zero attached hydrogens (tertiary/aromatic N) is 2. The molecule has 1 aromatic heterocycles. The van der Waals surface area contributed by atoms with E-state index in [2.05, 4.69) is 171 Å². The normalized spacial score (nSPS) is 12.1. The predicted octanol–water partition coefficient (Wildman–Crippen LogP) is 16.3. The van der Waals surface area contributed by atoms with E-state index in [1.54, 1.807) is 6.26 Å². The van der Waals surface area contributed by atoms with Gasteiger partial charge in [-0.2, -0.15) is 0 Å². The van der Waals surface area contributed by atoms with Crippen LogP contribution in [0.2, 0.25) is 0 Å². The van der Waals surface area contributed by atoms with E-state index < -0.39 is 0 Å². The van der Waals surface area contributed by atoms with Gasteiger partial charge in [-0.3, -0.25) is 0 Å². The van der Waals surface area contributed by atoms with Crippen molar-refractivity contribution in [1.29, 1.82) is 0 Å². The number of ether oxygens (including phenoxy) is 2. The third-order valence-electron chi connectivity index (χ3n) is 11.3. The van der Waals surface area contributed by atoms with Crippen molar-refractivity contribution < 1.29 is 13.9 Å². The summed E-state index contributed by atoms with van der Waals surface area (Å²) in [5.74, 6) is 3.04. The summed E-state index contributed by atoms with van der Waals surface area (Å²) in [5, 5.41) is 3.03. The molecule has 0 amide bonds. The highest BCUT2D eigenvalue weighted by molar-refractivity contribution is 6.07. The van der Waals surface area contributed by atoms with Crippen LogP contribution in [0.15, 0.2) is 211 Å². The Morgan fingerprint density at radius 3 is 1.97 bits per heavy atom. The molecule has 0 N–H and O–H groups in total. The molecule has 5 heteroatoms. The first kappa shape index (κ1) is 37.5. The molecule has 0 saturated carbocycles. The summed E-state index contributed by atoms with van der Waals surface area (Å²) >= 11 is 0. The Bertz CT molecular complexity index is 3050. The smallest absolute Gasteiger partial charge is 0.137 e. The van der Waals surface area contributed by atoms with Crippen molar-refractivity contribution in [3.8, 4) is 34.1 Å². The van der Waals surface area contributed by atoms with Gasteiger partial charge in [0.2, 0.25) is 0 Å². The van der Waals surface area contributed by atoms with Crippen LogP contribution in [0.1, 0.15) is 31.9 Å². The maximum Gasteiger partial charge on any atom is 0.137 e. The number of para-hydroxylation sites is 3. The standard InChI is InChI=1S/C56H44N2O3/c1-5-40(34-38-37-59-51-24-13-12-22-47(38)51)57(43-28-26-39(27-29-43)56(2,3)4)44-20-14-21-46(35-44)60-52-33-32-49-48-31-30-45(36-54(48)61-53-25-15-23-50(52)55(49)53)58(41-16-8-6-9-17-41)42-18-10-7-11-19-42/h5-37H,1H2,2-4H3/b40-34+. The molecule has 0 radical (unpaired) electrons. The monoisotopic (exact) mass is 792 g/mol. The number of allylic oxidation sites excluding steroid dienone is 1. The van der Waals surface area contributed by atoms with Gasteiger partial charge in [0.1, 0.15) is 28.6 Å². The second kappa shape index (κ2) is 15.4. The zero-order valence-corrected chi connectivity index (χ0v) is 34.4. The van der Waals surface area contributed by atoms with Crippen LogP contribution in [0.4, 0.5) is 28.4 Å². The van der Waals surface area contributed by atoms with Crippen LogP contribution in [0, 0.1) is 0 Å². The van der Waals surface area contributed by atoms with Gasteiger partial charge in [-0.05, 0) is 114 Å². The molecule has 1 aliphatic rings. The molecule has 0 saturated heterocycles. The second-order valence-corrected chi connectivity index (χ2v) is 16.3. The van der Waals surface area contributed by atoms with Gasteiger partial charge in [0.15, 0.2) is 0 Å². The minimum Gasteiger partial charge on any atom is -0.464 e. The average molecular weight is 793 g/mol. The number of hydrogen-bond donors (Lipinski definition) is 0. The Balaban J connectivity index is 1.01. The van der Waals surface area contributed by atoms with Crippen LogP contribution < -0.4 is 19.3 Å². The van der Waals surface area contributed by atoms with Gasteiger partial charge in [0.25, 0.3) is 0 Å². The van der Waals surface area contributed by atoms with Crippen LogP contribution in [-0.2, 0) is 5.41 Å². The summed E-state index contributed by atoms with van der Waals surface area (Å²) in [6.07, 6.45) is 5.82. The maximum absolute atomic E-state index is 6.83. The van der Waals surface area contributed by atoms with Gasteiger partial charge in [-0.15, -0.1) is 0 Å². The molecule has 0 spiro atoms. The molecular formula is C56H44N2O3. The van der Waals surface area contributed by atoms with Gasteiger partial charge in [-0.25, -0.2) is 0 Å². The van der Waals surface area contributed by atoms with Gasteiger partial charge >= 0.3 is 0 Å². The van der Waals surface area contributed by atoms with Crippen LogP contribution >= 0.6 is 0 Å². The fourth-order valence-corrected chi connectivity index (χ4v) is 8.28. The molecule has 5 nitrogen and oxygen atoms in total. The van der Waals surface area contributed by atoms with Crippen LogP contribution in [0.25, 0.3) is 38.9 Å². The van der Waals surface area contributed by atoms with Crippen molar-refractivity contribution in [2.75, 3.05) is 9.80 Å². The van der Waals surface area contributed by atoms with Gasteiger partial charge in [-0.1, -0.05) is 112 Å². The average Bonchev–Trinajstić information content (AvgIpc) is 3.70.